The van der Waals surface area contributed by atoms with E-state index in [1.165, 1.54) is 6.42 Å². The number of benzene rings is 1. The van der Waals surface area contributed by atoms with Crippen LogP contribution in [0.5, 0.6) is 0 Å². The fourth-order valence-corrected chi connectivity index (χ4v) is 2.69. The number of hydrogen-bond acceptors (Lipinski definition) is 4. The average molecular weight is 290 g/mol. The number of nitrogens with one attached hydrogen (secondary N) is 1. The number of esters is 1. The predicted molar refractivity (Wildman–Crippen MR) is 80.9 cm³/mol. The van der Waals surface area contributed by atoms with E-state index < -0.39 is 5.97 Å². The molecule has 1 aromatic carbocycles. The SMILES string of the molecule is Cc1cccc(N)c1C(=O)OCC(=O)NC1CCCCC1. The summed E-state index contributed by atoms with van der Waals surface area (Å²) in [7, 11) is 0. The predicted octanol–water partition coefficient (Wildman–Crippen LogP) is 2.18. The number of rotatable bonds is 4. The van der Waals surface area contributed by atoms with Crippen LogP contribution < -0.4 is 11.1 Å². The van der Waals surface area contributed by atoms with Crippen molar-refractivity contribution in [1.82, 2.24) is 5.32 Å². The van der Waals surface area contributed by atoms with E-state index in [4.69, 9.17) is 10.5 Å². The van der Waals surface area contributed by atoms with Gasteiger partial charge in [0.2, 0.25) is 0 Å². The molecule has 0 bridgehead atoms. The van der Waals surface area contributed by atoms with Gasteiger partial charge in [-0.2, -0.15) is 0 Å². The maximum Gasteiger partial charge on any atom is 0.341 e. The molecule has 0 heterocycles. The molecule has 1 saturated carbocycles. The molecule has 1 aromatic rings. The van der Waals surface area contributed by atoms with Gasteiger partial charge >= 0.3 is 5.97 Å². The number of carbonyl (C=O) groups excluding carboxylic acids is 2. The van der Waals surface area contributed by atoms with Gasteiger partial charge in [0.05, 0.1) is 5.56 Å². The number of hydrogen-bond donors (Lipinski definition) is 2. The molecule has 0 unspecified atom stereocenters. The Morgan fingerprint density at radius 1 is 1.29 bits per heavy atom. The van der Waals surface area contributed by atoms with E-state index in [1.807, 2.05) is 0 Å². The fraction of sp³-hybridized carbons (Fsp3) is 0.500. The lowest BCUT2D eigenvalue weighted by molar-refractivity contribution is -0.125. The number of amides is 1. The molecule has 114 valence electrons. The smallest absolute Gasteiger partial charge is 0.341 e. The average Bonchev–Trinajstić information content (AvgIpc) is 2.46. The van der Waals surface area contributed by atoms with Crippen LogP contribution in [0.25, 0.3) is 0 Å². The second-order valence-electron chi connectivity index (χ2n) is 5.52. The Bertz CT molecular complexity index is 502. The molecule has 0 aromatic heterocycles. The van der Waals surface area contributed by atoms with E-state index in [0.717, 1.165) is 31.2 Å². The third kappa shape index (κ3) is 4.21. The molecule has 0 spiro atoms. The summed E-state index contributed by atoms with van der Waals surface area (Å²) in [6, 6.07) is 5.42. The van der Waals surface area contributed by atoms with Crippen LogP contribution in [0, 0.1) is 6.92 Å². The van der Waals surface area contributed by atoms with E-state index in [2.05, 4.69) is 5.32 Å². The molecule has 5 nitrogen and oxygen atoms in total. The topological polar surface area (TPSA) is 81.4 Å². The van der Waals surface area contributed by atoms with Gasteiger partial charge in [-0.15, -0.1) is 0 Å². The van der Waals surface area contributed by atoms with Crippen molar-refractivity contribution in [2.24, 2.45) is 0 Å². The van der Waals surface area contributed by atoms with E-state index in [1.54, 1.807) is 25.1 Å². The molecule has 1 fully saturated rings. The van der Waals surface area contributed by atoms with Crippen LogP contribution in [-0.2, 0) is 9.53 Å². The van der Waals surface area contributed by atoms with Gasteiger partial charge in [-0.3, -0.25) is 4.79 Å². The number of aryl methyl sites for hydroxylation is 1. The third-order valence-electron chi connectivity index (χ3n) is 3.81. The highest BCUT2D eigenvalue weighted by molar-refractivity contribution is 5.97. The minimum Gasteiger partial charge on any atom is -0.452 e. The van der Waals surface area contributed by atoms with Gasteiger partial charge < -0.3 is 15.8 Å². The van der Waals surface area contributed by atoms with Crippen molar-refractivity contribution >= 4 is 17.6 Å². The van der Waals surface area contributed by atoms with Gasteiger partial charge in [0.25, 0.3) is 5.91 Å². The Kier molecular flexibility index (Phi) is 5.20. The van der Waals surface area contributed by atoms with Gasteiger partial charge in [0.15, 0.2) is 6.61 Å². The highest BCUT2D eigenvalue weighted by Crippen LogP contribution is 2.18. The van der Waals surface area contributed by atoms with Crippen LogP contribution in [0.15, 0.2) is 18.2 Å². The molecule has 0 saturated heterocycles. The summed E-state index contributed by atoms with van der Waals surface area (Å²) in [5.41, 5.74) is 7.22. The summed E-state index contributed by atoms with van der Waals surface area (Å²) >= 11 is 0. The first-order valence-corrected chi connectivity index (χ1v) is 7.39. The summed E-state index contributed by atoms with van der Waals surface area (Å²) in [5.74, 6) is -0.799. The number of nitrogens with two attached hydrogens (primary N) is 1. The van der Waals surface area contributed by atoms with Crippen molar-refractivity contribution in [2.45, 2.75) is 45.1 Å². The van der Waals surface area contributed by atoms with Crippen LogP contribution in [0.4, 0.5) is 5.69 Å². The molecule has 1 amide bonds. The summed E-state index contributed by atoms with van der Waals surface area (Å²) < 4.78 is 5.06. The summed E-state index contributed by atoms with van der Waals surface area (Å²) in [6.07, 6.45) is 5.53. The molecule has 0 atom stereocenters. The van der Waals surface area contributed by atoms with Crippen molar-refractivity contribution in [2.75, 3.05) is 12.3 Å². The minimum absolute atomic E-state index is 0.216. The quantitative estimate of drug-likeness (QED) is 0.658. The summed E-state index contributed by atoms with van der Waals surface area (Å²) in [5, 5.41) is 2.91. The Morgan fingerprint density at radius 2 is 2.00 bits per heavy atom. The lowest BCUT2D eigenvalue weighted by Gasteiger charge is -2.22. The van der Waals surface area contributed by atoms with Gasteiger partial charge in [-0.25, -0.2) is 4.79 Å². The van der Waals surface area contributed by atoms with Crippen LogP contribution in [-0.4, -0.2) is 24.5 Å². The van der Waals surface area contributed by atoms with Crippen molar-refractivity contribution < 1.29 is 14.3 Å². The third-order valence-corrected chi connectivity index (χ3v) is 3.81. The molecule has 21 heavy (non-hydrogen) atoms. The number of anilines is 1. The molecule has 2 rings (SSSR count). The number of nitrogen functional groups attached to an aromatic ring is 1. The first-order valence-electron chi connectivity index (χ1n) is 7.39. The molecule has 1 aliphatic carbocycles. The van der Waals surface area contributed by atoms with E-state index in [-0.39, 0.29) is 18.6 Å². The second kappa shape index (κ2) is 7.11. The van der Waals surface area contributed by atoms with E-state index in [0.29, 0.717) is 11.3 Å². The summed E-state index contributed by atoms with van der Waals surface area (Å²) in [6.45, 7) is 1.53. The highest BCUT2D eigenvalue weighted by Gasteiger charge is 2.18. The lowest BCUT2D eigenvalue weighted by atomic mass is 9.95. The van der Waals surface area contributed by atoms with E-state index >= 15 is 0 Å². The second-order valence-corrected chi connectivity index (χ2v) is 5.52. The molecule has 0 aliphatic heterocycles. The Hall–Kier alpha value is -2.04. The number of carbonyl (C=O) groups is 2. The molecule has 0 radical (unpaired) electrons. The number of ether oxygens (including phenoxy) is 1. The van der Waals surface area contributed by atoms with Crippen LogP contribution in [0.2, 0.25) is 0 Å². The first-order chi connectivity index (χ1) is 10.1. The zero-order valence-electron chi connectivity index (χ0n) is 12.4. The lowest BCUT2D eigenvalue weighted by Crippen LogP contribution is -2.38. The van der Waals surface area contributed by atoms with Crippen LogP contribution >= 0.6 is 0 Å². The largest absolute Gasteiger partial charge is 0.452 e. The van der Waals surface area contributed by atoms with E-state index in [9.17, 15) is 9.59 Å². The zero-order valence-corrected chi connectivity index (χ0v) is 12.4. The molecule has 1 aliphatic rings. The van der Waals surface area contributed by atoms with Crippen molar-refractivity contribution in [3.8, 4) is 0 Å². The molecular weight excluding hydrogens is 268 g/mol. The first kappa shape index (κ1) is 15.4. The van der Waals surface area contributed by atoms with Crippen LogP contribution in [0.1, 0.15) is 48.0 Å². The Balaban J connectivity index is 1.84. The zero-order chi connectivity index (χ0) is 15.2. The minimum atomic E-state index is -0.551. The van der Waals surface area contributed by atoms with Gasteiger partial charge in [-0.05, 0) is 31.4 Å². The van der Waals surface area contributed by atoms with Gasteiger partial charge in [0, 0.05) is 11.7 Å². The molecular formula is C16H22N2O3. The normalized spacial score (nSPS) is 15.5. The summed E-state index contributed by atoms with van der Waals surface area (Å²) in [4.78, 5) is 23.8. The highest BCUT2D eigenvalue weighted by atomic mass is 16.5. The molecule has 3 N–H and O–H groups in total. The van der Waals surface area contributed by atoms with Gasteiger partial charge in [0.1, 0.15) is 0 Å². The Labute approximate surface area is 124 Å². The molecule has 5 heteroatoms. The maximum atomic E-state index is 12.0. The Morgan fingerprint density at radius 3 is 2.67 bits per heavy atom. The van der Waals surface area contributed by atoms with Gasteiger partial charge in [-0.1, -0.05) is 31.4 Å². The van der Waals surface area contributed by atoms with Crippen molar-refractivity contribution in [1.29, 1.82) is 0 Å². The monoisotopic (exact) mass is 290 g/mol. The van der Waals surface area contributed by atoms with Crippen LogP contribution in [0.3, 0.4) is 0 Å². The maximum absolute atomic E-state index is 12.0. The van der Waals surface area contributed by atoms with Crippen molar-refractivity contribution in [3.63, 3.8) is 0 Å². The van der Waals surface area contributed by atoms with Crippen molar-refractivity contribution in [3.05, 3.63) is 29.3 Å². The fourth-order valence-electron chi connectivity index (χ4n) is 2.69. The standard InChI is InChI=1S/C16H22N2O3/c1-11-6-5-9-13(17)15(11)16(20)21-10-14(19)18-12-7-3-2-4-8-12/h5-6,9,12H,2-4,7-8,10,17H2,1H3,(H,18,19).